The molecular formula is C13H18O4. The van der Waals surface area contributed by atoms with Crippen LogP contribution in [0.5, 0.6) is 0 Å². The normalized spacial score (nSPS) is 43.6. The van der Waals surface area contributed by atoms with Crippen molar-refractivity contribution >= 4 is 11.9 Å². The summed E-state index contributed by atoms with van der Waals surface area (Å²) >= 11 is 0. The highest BCUT2D eigenvalue weighted by Crippen LogP contribution is 2.60. The lowest BCUT2D eigenvalue weighted by molar-refractivity contribution is -0.225. The fraction of sp³-hybridized carbons (Fsp3) is 0.846. The molecule has 4 nitrogen and oxygen atoms in total. The average molecular weight is 238 g/mol. The molecule has 3 aliphatic rings. The minimum absolute atomic E-state index is 0.0153. The number of esters is 2. The van der Waals surface area contributed by atoms with Crippen LogP contribution >= 0.6 is 0 Å². The van der Waals surface area contributed by atoms with Crippen molar-refractivity contribution in [3.8, 4) is 0 Å². The van der Waals surface area contributed by atoms with E-state index in [4.69, 9.17) is 9.47 Å². The van der Waals surface area contributed by atoms with Crippen molar-refractivity contribution in [1.82, 2.24) is 0 Å². The van der Waals surface area contributed by atoms with E-state index in [2.05, 4.69) is 0 Å². The molecule has 0 spiro atoms. The molecule has 0 aromatic carbocycles. The molecule has 3 fully saturated rings. The zero-order valence-corrected chi connectivity index (χ0v) is 10.3. The Bertz CT molecular complexity index is 378. The summed E-state index contributed by atoms with van der Waals surface area (Å²) in [6.45, 7) is 3.80. The van der Waals surface area contributed by atoms with Gasteiger partial charge in [0.1, 0.15) is 0 Å². The summed E-state index contributed by atoms with van der Waals surface area (Å²) < 4.78 is 11.0. The molecule has 0 aromatic heterocycles. The second-order valence-electron chi connectivity index (χ2n) is 5.72. The van der Waals surface area contributed by atoms with Crippen molar-refractivity contribution < 1.29 is 19.1 Å². The molecule has 3 rings (SSSR count). The monoisotopic (exact) mass is 238 g/mol. The van der Waals surface area contributed by atoms with Gasteiger partial charge in [0.15, 0.2) is 0 Å². The van der Waals surface area contributed by atoms with E-state index in [0.717, 1.165) is 19.3 Å². The van der Waals surface area contributed by atoms with Gasteiger partial charge >= 0.3 is 11.9 Å². The third kappa shape index (κ3) is 1.42. The summed E-state index contributed by atoms with van der Waals surface area (Å²) in [5.41, 5.74) is 0. The summed E-state index contributed by atoms with van der Waals surface area (Å²) in [5, 5.41) is 0. The van der Waals surface area contributed by atoms with Crippen molar-refractivity contribution in [3.05, 3.63) is 0 Å². The van der Waals surface area contributed by atoms with Crippen LogP contribution in [0.25, 0.3) is 0 Å². The van der Waals surface area contributed by atoms with Gasteiger partial charge in [-0.1, -0.05) is 13.8 Å². The second kappa shape index (κ2) is 3.47. The number of fused-ring (bicyclic) bond motifs is 1. The highest BCUT2D eigenvalue weighted by Gasteiger charge is 2.68. The van der Waals surface area contributed by atoms with Crippen LogP contribution in [0.15, 0.2) is 0 Å². The Morgan fingerprint density at radius 2 is 2.35 bits per heavy atom. The van der Waals surface area contributed by atoms with Crippen LogP contribution in [0.2, 0.25) is 0 Å². The minimum Gasteiger partial charge on any atom is -0.422 e. The third-order valence-corrected chi connectivity index (χ3v) is 4.66. The standard InChI is InChI=1S/C13H18O4/c1-3-7(2)11(14)16-13-6-8-4-9(10(13)5-8)12(15)17-13/h7-10H,3-6H2,1-2H3. The molecule has 5 atom stereocenters. The molecule has 94 valence electrons. The predicted molar refractivity (Wildman–Crippen MR) is 58.7 cm³/mol. The molecule has 1 saturated heterocycles. The molecule has 2 bridgehead atoms. The van der Waals surface area contributed by atoms with Gasteiger partial charge in [-0.3, -0.25) is 9.59 Å². The van der Waals surface area contributed by atoms with Crippen molar-refractivity contribution in [2.75, 3.05) is 0 Å². The van der Waals surface area contributed by atoms with Gasteiger partial charge < -0.3 is 9.47 Å². The van der Waals surface area contributed by atoms with E-state index in [1.807, 2.05) is 13.8 Å². The molecule has 2 aliphatic carbocycles. The smallest absolute Gasteiger partial charge is 0.312 e. The summed E-state index contributed by atoms with van der Waals surface area (Å²) in [7, 11) is 0. The molecule has 0 radical (unpaired) electrons. The number of rotatable bonds is 3. The molecule has 17 heavy (non-hydrogen) atoms. The predicted octanol–water partition coefficient (Wildman–Crippen LogP) is 1.87. The Morgan fingerprint density at radius 3 is 3.00 bits per heavy atom. The maximum Gasteiger partial charge on any atom is 0.312 e. The third-order valence-electron chi connectivity index (χ3n) is 4.66. The van der Waals surface area contributed by atoms with Crippen LogP contribution in [0.4, 0.5) is 0 Å². The van der Waals surface area contributed by atoms with E-state index < -0.39 is 5.79 Å². The molecule has 1 heterocycles. The lowest BCUT2D eigenvalue weighted by Crippen LogP contribution is -2.40. The first-order chi connectivity index (χ1) is 8.05. The Labute approximate surface area is 101 Å². The van der Waals surface area contributed by atoms with E-state index >= 15 is 0 Å². The van der Waals surface area contributed by atoms with Crippen LogP contribution in [0.3, 0.4) is 0 Å². The van der Waals surface area contributed by atoms with Crippen molar-refractivity contribution in [2.45, 2.75) is 45.3 Å². The molecule has 4 heteroatoms. The summed E-state index contributed by atoms with van der Waals surface area (Å²) in [6, 6.07) is 0. The van der Waals surface area contributed by atoms with Gasteiger partial charge in [0.25, 0.3) is 5.79 Å². The molecule has 1 aliphatic heterocycles. The van der Waals surface area contributed by atoms with Crippen LogP contribution < -0.4 is 0 Å². The first kappa shape index (κ1) is 11.1. The van der Waals surface area contributed by atoms with E-state index in [0.29, 0.717) is 12.3 Å². The van der Waals surface area contributed by atoms with E-state index in [-0.39, 0.29) is 29.7 Å². The van der Waals surface area contributed by atoms with Crippen LogP contribution in [-0.2, 0) is 19.1 Å². The first-order valence-corrected chi connectivity index (χ1v) is 6.51. The van der Waals surface area contributed by atoms with Gasteiger partial charge in [-0.25, -0.2) is 0 Å². The van der Waals surface area contributed by atoms with Gasteiger partial charge in [0, 0.05) is 6.42 Å². The van der Waals surface area contributed by atoms with Gasteiger partial charge in [0.05, 0.1) is 17.8 Å². The Kier molecular flexibility index (Phi) is 2.25. The van der Waals surface area contributed by atoms with Crippen LogP contribution in [0.1, 0.15) is 39.5 Å². The summed E-state index contributed by atoms with van der Waals surface area (Å²) in [5.74, 6) is -0.806. The summed E-state index contributed by atoms with van der Waals surface area (Å²) in [4.78, 5) is 23.6. The Balaban J connectivity index is 1.79. The lowest BCUT2D eigenvalue weighted by Gasteiger charge is -2.30. The topological polar surface area (TPSA) is 52.6 Å². The van der Waals surface area contributed by atoms with Crippen molar-refractivity contribution in [2.24, 2.45) is 23.7 Å². The minimum atomic E-state index is -0.898. The van der Waals surface area contributed by atoms with Gasteiger partial charge in [-0.05, 0) is 25.2 Å². The van der Waals surface area contributed by atoms with E-state index in [1.54, 1.807) is 0 Å². The summed E-state index contributed by atoms with van der Waals surface area (Å²) in [6.07, 6.45) is 3.36. The Hall–Kier alpha value is -1.06. The highest BCUT2D eigenvalue weighted by molar-refractivity contribution is 5.78. The zero-order chi connectivity index (χ0) is 12.2. The number of hydrogen-bond donors (Lipinski definition) is 0. The fourth-order valence-electron chi connectivity index (χ4n) is 3.55. The fourth-order valence-corrected chi connectivity index (χ4v) is 3.55. The maximum absolute atomic E-state index is 11.9. The molecular weight excluding hydrogens is 220 g/mol. The maximum atomic E-state index is 11.9. The molecule has 0 amide bonds. The van der Waals surface area contributed by atoms with Crippen LogP contribution in [0, 0.1) is 23.7 Å². The lowest BCUT2D eigenvalue weighted by atomic mass is 9.87. The molecule has 2 saturated carbocycles. The van der Waals surface area contributed by atoms with Gasteiger partial charge in [-0.15, -0.1) is 0 Å². The number of hydrogen-bond acceptors (Lipinski definition) is 4. The molecule has 0 aromatic rings. The van der Waals surface area contributed by atoms with Crippen molar-refractivity contribution in [1.29, 1.82) is 0 Å². The first-order valence-electron chi connectivity index (χ1n) is 6.51. The van der Waals surface area contributed by atoms with Crippen molar-refractivity contribution in [3.63, 3.8) is 0 Å². The number of carbonyl (C=O) groups excluding carboxylic acids is 2. The highest BCUT2D eigenvalue weighted by atomic mass is 16.7. The largest absolute Gasteiger partial charge is 0.422 e. The van der Waals surface area contributed by atoms with E-state index in [1.165, 1.54) is 0 Å². The second-order valence-corrected chi connectivity index (χ2v) is 5.72. The SMILES string of the molecule is CCC(C)C(=O)OC12CC3CC(C(=O)O1)C2C3. The number of carbonyl (C=O) groups is 2. The Morgan fingerprint density at radius 1 is 1.59 bits per heavy atom. The van der Waals surface area contributed by atoms with E-state index in [9.17, 15) is 9.59 Å². The van der Waals surface area contributed by atoms with Crippen LogP contribution in [-0.4, -0.2) is 17.7 Å². The van der Waals surface area contributed by atoms with Gasteiger partial charge in [-0.2, -0.15) is 0 Å². The number of ether oxygens (including phenoxy) is 2. The zero-order valence-electron chi connectivity index (χ0n) is 10.3. The quantitative estimate of drug-likeness (QED) is 0.704. The molecule has 5 unspecified atom stereocenters. The van der Waals surface area contributed by atoms with Gasteiger partial charge in [0.2, 0.25) is 0 Å². The average Bonchev–Trinajstić information content (AvgIpc) is 2.87. The molecule has 0 N–H and O–H groups in total.